The van der Waals surface area contributed by atoms with E-state index in [0.29, 0.717) is 17.9 Å². The Labute approximate surface area is 137 Å². The molecule has 6 heteroatoms. The van der Waals surface area contributed by atoms with E-state index in [1.165, 1.54) is 0 Å². The van der Waals surface area contributed by atoms with Gasteiger partial charge in [-0.25, -0.2) is 8.42 Å². The van der Waals surface area contributed by atoms with E-state index in [9.17, 15) is 8.42 Å². The van der Waals surface area contributed by atoms with Crippen molar-refractivity contribution in [3.05, 3.63) is 46.8 Å². The van der Waals surface area contributed by atoms with Crippen LogP contribution in [0.2, 0.25) is 0 Å². The van der Waals surface area contributed by atoms with Gasteiger partial charge in [0.15, 0.2) is 0 Å². The topological polar surface area (TPSA) is 63.4 Å². The highest BCUT2D eigenvalue weighted by Crippen LogP contribution is 2.39. The van der Waals surface area contributed by atoms with Crippen LogP contribution in [0.5, 0.6) is 0 Å². The summed E-state index contributed by atoms with van der Waals surface area (Å²) in [5.74, 6) is 0.791. The SMILES string of the molecule is CCc1onc(C)c1C1CCCN1S(=O)(=O)c1ccccc1C. The Morgan fingerprint density at radius 1 is 1.30 bits per heavy atom. The second kappa shape index (κ2) is 6.09. The summed E-state index contributed by atoms with van der Waals surface area (Å²) in [7, 11) is -3.52. The number of nitrogens with zero attached hydrogens (tertiary/aromatic N) is 2. The highest BCUT2D eigenvalue weighted by Gasteiger charge is 2.39. The Morgan fingerprint density at radius 2 is 2.04 bits per heavy atom. The number of aromatic nitrogens is 1. The molecule has 0 aliphatic carbocycles. The lowest BCUT2D eigenvalue weighted by Crippen LogP contribution is -2.31. The monoisotopic (exact) mass is 334 g/mol. The van der Waals surface area contributed by atoms with Gasteiger partial charge in [0, 0.05) is 18.5 Å². The molecule has 0 radical (unpaired) electrons. The van der Waals surface area contributed by atoms with Crippen LogP contribution >= 0.6 is 0 Å². The fourth-order valence-corrected chi connectivity index (χ4v) is 5.29. The van der Waals surface area contributed by atoms with Gasteiger partial charge in [0.1, 0.15) is 5.76 Å². The Kier molecular flexibility index (Phi) is 4.29. The number of aryl methyl sites for hydroxylation is 3. The highest BCUT2D eigenvalue weighted by molar-refractivity contribution is 7.89. The first kappa shape index (κ1) is 16.2. The molecule has 2 heterocycles. The van der Waals surface area contributed by atoms with E-state index in [1.807, 2.05) is 32.9 Å². The quantitative estimate of drug-likeness (QED) is 0.860. The van der Waals surface area contributed by atoms with Gasteiger partial charge in [0.05, 0.1) is 16.6 Å². The van der Waals surface area contributed by atoms with Gasteiger partial charge in [-0.3, -0.25) is 0 Å². The fourth-order valence-electron chi connectivity index (χ4n) is 3.39. The fraction of sp³-hybridized carbons (Fsp3) is 0.471. The van der Waals surface area contributed by atoms with Crippen LogP contribution < -0.4 is 0 Å². The third kappa shape index (κ3) is 2.70. The molecular weight excluding hydrogens is 312 g/mol. The lowest BCUT2D eigenvalue weighted by Gasteiger charge is -2.25. The van der Waals surface area contributed by atoms with Crippen LogP contribution in [-0.2, 0) is 16.4 Å². The Bertz CT molecular complexity index is 811. The van der Waals surface area contributed by atoms with Gasteiger partial charge < -0.3 is 4.52 Å². The van der Waals surface area contributed by atoms with Crippen LogP contribution in [0.25, 0.3) is 0 Å². The zero-order valence-corrected chi connectivity index (χ0v) is 14.6. The van der Waals surface area contributed by atoms with Gasteiger partial charge >= 0.3 is 0 Å². The van der Waals surface area contributed by atoms with Crippen molar-refractivity contribution in [1.29, 1.82) is 0 Å². The largest absolute Gasteiger partial charge is 0.361 e. The zero-order chi connectivity index (χ0) is 16.6. The van der Waals surface area contributed by atoms with Crippen molar-refractivity contribution < 1.29 is 12.9 Å². The first-order valence-electron chi connectivity index (χ1n) is 7.99. The number of hydrogen-bond donors (Lipinski definition) is 0. The van der Waals surface area contributed by atoms with Gasteiger partial charge in [0.25, 0.3) is 0 Å². The van der Waals surface area contributed by atoms with Gasteiger partial charge in [-0.2, -0.15) is 4.31 Å². The maximum atomic E-state index is 13.1. The lowest BCUT2D eigenvalue weighted by molar-refractivity contribution is 0.368. The average molecular weight is 334 g/mol. The van der Waals surface area contributed by atoms with Crippen LogP contribution in [0.4, 0.5) is 0 Å². The predicted octanol–water partition coefficient (Wildman–Crippen LogP) is 3.38. The number of hydrogen-bond acceptors (Lipinski definition) is 4. The van der Waals surface area contributed by atoms with Crippen molar-refractivity contribution in [2.45, 2.75) is 51.0 Å². The minimum atomic E-state index is -3.52. The minimum absolute atomic E-state index is 0.180. The molecule has 0 saturated carbocycles. The predicted molar refractivity (Wildman–Crippen MR) is 87.7 cm³/mol. The highest BCUT2D eigenvalue weighted by atomic mass is 32.2. The third-order valence-corrected chi connectivity index (χ3v) is 6.59. The van der Waals surface area contributed by atoms with E-state index >= 15 is 0 Å². The van der Waals surface area contributed by atoms with Crippen LogP contribution in [0.3, 0.4) is 0 Å². The molecule has 0 spiro atoms. The van der Waals surface area contributed by atoms with E-state index in [0.717, 1.165) is 35.4 Å². The molecule has 124 valence electrons. The summed E-state index contributed by atoms with van der Waals surface area (Å²) < 4.78 is 33.3. The van der Waals surface area contributed by atoms with E-state index in [-0.39, 0.29) is 6.04 Å². The van der Waals surface area contributed by atoms with Crippen molar-refractivity contribution >= 4 is 10.0 Å². The summed E-state index contributed by atoms with van der Waals surface area (Å²) in [6, 6.07) is 6.96. The lowest BCUT2D eigenvalue weighted by atomic mass is 10.0. The maximum absolute atomic E-state index is 13.1. The van der Waals surface area contributed by atoms with Crippen molar-refractivity contribution in [3.8, 4) is 0 Å². The molecule has 1 fully saturated rings. The molecule has 1 atom stereocenters. The number of sulfonamides is 1. The zero-order valence-electron chi connectivity index (χ0n) is 13.7. The summed E-state index contributed by atoms with van der Waals surface area (Å²) in [6.45, 7) is 6.25. The van der Waals surface area contributed by atoms with Gasteiger partial charge in [-0.1, -0.05) is 30.3 Å². The Balaban J connectivity index is 2.05. The first-order chi connectivity index (χ1) is 11.0. The molecule has 1 aromatic heterocycles. The van der Waals surface area contributed by atoms with Crippen LogP contribution in [0.1, 0.15) is 48.4 Å². The molecule has 1 aliphatic rings. The van der Waals surface area contributed by atoms with Crippen molar-refractivity contribution in [2.75, 3.05) is 6.54 Å². The summed E-state index contributed by atoms with van der Waals surface area (Å²) in [5.41, 5.74) is 2.51. The number of rotatable bonds is 4. The molecule has 0 N–H and O–H groups in total. The standard InChI is InChI=1S/C17H22N2O3S/c1-4-15-17(13(3)18-22-15)14-9-7-11-19(14)23(20,21)16-10-6-5-8-12(16)2/h5-6,8,10,14H,4,7,9,11H2,1-3H3. The maximum Gasteiger partial charge on any atom is 0.243 e. The smallest absolute Gasteiger partial charge is 0.243 e. The third-order valence-electron chi connectivity index (χ3n) is 4.52. The normalized spacial score (nSPS) is 19.3. The molecule has 1 aliphatic heterocycles. The summed E-state index contributed by atoms with van der Waals surface area (Å²) >= 11 is 0. The summed E-state index contributed by atoms with van der Waals surface area (Å²) in [4.78, 5) is 0.388. The molecule has 1 aromatic carbocycles. The first-order valence-corrected chi connectivity index (χ1v) is 9.43. The average Bonchev–Trinajstić information content (AvgIpc) is 3.13. The molecule has 1 saturated heterocycles. The number of benzene rings is 1. The van der Waals surface area contributed by atoms with Gasteiger partial charge in [-0.15, -0.1) is 0 Å². The Hall–Kier alpha value is -1.66. The molecular formula is C17H22N2O3S. The van der Waals surface area contributed by atoms with E-state index < -0.39 is 10.0 Å². The van der Waals surface area contributed by atoms with E-state index in [2.05, 4.69) is 5.16 Å². The Morgan fingerprint density at radius 3 is 2.74 bits per heavy atom. The van der Waals surface area contributed by atoms with Crippen LogP contribution in [0, 0.1) is 13.8 Å². The molecule has 2 aromatic rings. The van der Waals surface area contributed by atoms with E-state index in [1.54, 1.807) is 16.4 Å². The van der Waals surface area contributed by atoms with Crippen molar-refractivity contribution in [2.24, 2.45) is 0 Å². The second-order valence-corrected chi connectivity index (χ2v) is 7.86. The second-order valence-electron chi connectivity index (χ2n) is 6.00. The molecule has 0 bridgehead atoms. The van der Waals surface area contributed by atoms with Crippen LogP contribution in [0.15, 0.2) is 33.7 Å². The molecule has 23 heavy (non-hydrogen) atoms. The van der Waals surface area contributed by atoms with E-state index in [4.69, 9.17) is 4.52 Å². The minimum Gasteiger partial charge on any atom is -0.361 e. The van der Waals surface area contributed by atoms with Crippen molar-refractivity contribution in [1.82, 2.24) is 9.46 Å². The molecule has 3 rings (SSSR count). The van der Waals surface area contributed by atoms with Crippen molar-refractivity contribution in [3.63, 3.8) is 0 Å². The van der Waals surface area contributed by atoms with Gasteiger partial charge in [0.2, 0.25) is 10.0 Å². The molecule has 5 nitrogen and oxygen atoms in total. The van der Waals surface area contributed by atoms with Gasteiger partial charge in [-0.05, 0) is 38.3 Å². The molecule has 0 amide bonds. The van der Waals surface area contributed by atoms with Crippen LogP contribution in [-0.4, -0.2) is 24.4 Å². The summed E-state index contributed by atoms with van der Waals surface area (Å²) in [5, 5.41) is 4.04. The summed E-state index contributed by atoms with van der Waals surface area (Å²) in [6.07, 6.45) is 2.37. The molecule has 1 unspecified atom stereocenters.